The third kappa shape index (κ3) is 6.58. The van der Waals surface area contributed by atoms with E-state index in [4.69, 9.17) is 9.47 Å². The molecule has 0 bridgehead atoms. The molecule has 2 aromatic carbocycles. The molecule has 3 atom stereocenters. The Hall–Kier alpha value is -2.90. The van der Waals surface area contributed by atoms with E-state index in [0.29, 0.717) is 26.0 Å². The molecule has 182 valence electrons. The Morgan fingerprint density at radius 3 is 2.59 bits per heavy atom. The second-order valence-corrected chi connectivity index (χ2v) is 9.26. The van der Waals surface area contributed by atoms with E-state index in [2.05, 4.69) is 39.8 Å². The van der Waals surface area contributed by atoms with E-state index >= 15 is 0 Å². The number of para-hydroxylation sites is 1. The van der Waals surface area contributed by atoms with Crippen LogP contribution in [0.5, 0.6) is 5.75 Å². The van der Waals surface area contributed by atoms with Crippen LogP contribution in [0.1, 0.15) is 24.0 Å². The highest BCUT2D eigenvalue weighted by Gasteiger charge is 2.39. The second-order valence-electron chi connectivity index (χ2n) is 9.26. The fourth-order valence-electron chi connectivity index (χ4n) is 5.05. The van der Waals surface area contributed by atoms with Gasteiger partial charge in [-0.15, -0.1) is 0 Å². The van der Waals surface area contributed by atoms with Gasteiger partial charge in [0.2, 0.25) is 11.8 Å². The number of hydrogen-bond acceptors (Lipinski definition) is 5. The molecular weight excluding hydrogens is 430 g/mol. The molecule has 1 saturated carbocycles. The minimum absolute atomic E-state index is 0.00216. The average molecular weight is 466 g/mol. The number of hydrogen-bond donors (Lipinski definition) is 2. The van der Waals surface area contributed by atoms with E-state index in [0.717, 1.165) is 31.8 Å². The lowest BCUT2D eigenvalue weighted by molar-refractivity contribution is -0.128. The van der Waals surface area contributed by atoms with E-state index in [-0.39, 0.29) is 36.3 Å². The molecule has 7 nitrogen and oxygen atoms in total. The van der Waals surface area contributed by atoms with Gasteiger partial charge in [-0.25, -0.2) is 0 Å². The third-order valence-electron chi connectivity index (χ3n) is 6.78. The van der Waals surface area contributed by atoms with E-state index in [1.807, 2.05) is 30.3 Å². The molecule has 2 amide bonds. The van der Waals surface area contributed by atoms with Crippen molar-refractivity contribution in [3.05, 3.63) is 65.7 Å². The Labute approximate surface area is 201 Å². The van der Waals surface area contributed by atoms with Gasteiger partial charge in [-0.3, -0.25) is 14.5 Å². The van der Waals surface area contributed by atoms with Gasteiger partial charge in [0.05, 0.1) is 12.5 Å². The number of methoxy groups -OCH3 is 1. The first-order valence-electron chi connectivity index (χ1n) is 12.2. The van der Waals surface area contributed by atoms with Gasteiger partial charge in [0.1, 0.15) is 12.4 Å². The first-order chi connectivity index (χ1) is 16.6. The predicted octanol–water partition coefficient (Wildman–Crippen LogP) is 2.40. The summed E-state index contributed by atoms with van der Waals surface area (Å²) < 4.78 is 10.9. The molecule has 0 unspecified atom stereocenters. The van der Waals surface area contributed by atoms with Gasteiger partial charge in [0.15, 0.2) is 0 Å². The summed E-state index contributed by atoms with van der Waals surface area (Å²) in [5.41, 5.74) is 2.80. The fraction of sp³-hybridized carbons (Fsp3) is 0.481. The molecule has 1 fully saturated rings. The number of carbonyl (C=O) groups is 2. The van der Waals surface area contributed by atoms with Crippen LogP contribution in [0.25, 0.3) is 0 Å². The highest BCUT2D eigenvalue weighted by Crippen LogP contribution is 2.32. The fourth-order valence-corrected chi connectivity index (χ4v) is 5.05. The van der Waals surface area contributed by atoms with Crippen LogP contribution >= 0.6 is 0 Å². The lowest BCUT2D eigenvalue weighted by Crippen LogP contribution is -2.46. The largest absolute Gasteiger partial charge is 0.493 e. The number of nitrogens with zero attached hydrogens (tertiary/aromatic N) is 1. The summed E-state index contributed by atoms with van der Waals surface area (Å²) in [6.45, 7) is 3.86. The summed E-state index contributed by atoms with van der Waals surface area (Å²) in [6, 6.07) is 18.0. The second kappa shape index (κ2) is 12.0. The molecule has 0 aromatic heterocycles. The van der Waals surface area contributed by atoms with Crippen LogP contribution < -0.4 is 15.4 Å². The SMILES string of the molecule is COCC(=O)N[C@@H]1C[C@H](COc2ccccc2)C[C@H]1C(=O)NCCN1CCc2ccccc2C1. The Bertz CT molecular complexity index is 952. The standard InChI is InChI=1S/C27H35N3O4/c1-33-19-26(31)29-25-16-20(18-34-23-9-3-2-4-10-23)15-24(25)27(32)28-12-14-30-13-11-21-7-5-6-8-22(21)17-30/h2-10,20,24-25H,11-19H2,1H3,(H,28,32)(H,29,31)/t20-,24-,25-/m1/s1. The van der Waals surface area contributed by atoms with E-state index in [1.54, 1.807) is 0 Å². The number of rotatable bonds is 10. The van der Waals surface area contributed by atoms with E-state index < -0.39 is 0 Å². The number of amides is 2. The average Bonchev–Trinajstić information content (AvgIpc) is 3.26. The van der Waals surface area contributed by atoms with Gasteiger partial charge < -0.3 is 20.1 Å². The topological polar surface area (TPSA) is 79.9 Å². The normalized spacial score (nSPS) is 22.1. The molecular formula is C27H35N3O4. The quantitative estimate of drug-likeness (QED) is 0.563. The van der Waals surface area contributed by atoms with E-state index in [9.17, 15) is 9.59 Å². The Balaban J connectivity index is 1.28. The lowest BCUT2D eigenvalue weighted by atomic mass is 10.00. The van der Waals surface area contributed by atoms with Crippen molar-refractivity contribution >= 4 is 11.8 Å². The van der Waals surface area contributed by atoms with Crippen LogP contribution in [-0.2, 0) is 27.3 Å². The number of carbonyl (C=O) groups excluding carboxylic acids is 2. The van der Waals surface area contributed by atoms with Crippen molar-refractivity contribution in [3.63, 3.8) is 0 Å². The Morgan fingerprint density at radius 2 is 1.79 bits per heavy atom. The maximum atomic E-state index is 13.1. The molecule has 2 aliphatic rings. The zero-order chi connectivity index (χ0) is 23.8. The van der Waals surface area contributed by atoms with Crippen LogP contribution in [0.4, 0.5) is 0 Å². The van der Waals surface area contributed by atoms with Crippen LogP contribution in [0.3, 0.4) is 0 Å². The van der Waals surface area contributed by atoms with Crippen LogP contribution in [-0.4, -0.2) is 62.7 Å². The van der Waals surface area contributed by atoms with Crippen LogP contribution in [0.2, 0.25) is 0 Å². The van der Waals surface area contributed by atoms with Gasteiger partial charge in [-0.2, -0.15) is 0 Å². The highest BCUT2D eigenvalue weighted by molar-refractivity contribution is 5.82. The summed E-state index contributed by atoms with van der Waals surface area (Å²) in [4.78, 5) is 27.7. The van der Waals surface area contributed by atoms with Gasteiger partial charge in [-0.1, -0.05) is 42.5 Å². The van der Waals surface area contributed by atoms with E-state index in [1.165, 1.54) is 18.2 Å². The Kier molecular flexibility index (Phi) is 8.55. The summed E-state index contributed by atoms with van der Waals surface area (Å²) in [6.07, 6.45) is 2.44. The molecule has 7 heteroatoms. The number of fused-ring (bicyclic) bond motifs is 1. The Morgan fingerprint density at radius 1 is 1.03 bits per heavy atom. The first-order valence-corrected chi connectivity index (χ1v) is 12.2. The molecule has 0 radical (unpaired) electrons. The summed E-state index contributed by atoms with van der Waals surface area (Å²) in [5, 5.41) is 6.12. The highest BCUT2D eigenvalue weighted by atomic mass is 16.5. The maximum Gasteiger partial charge on any atom is 0.246 e. The molecule has 34 heavy (non-hydrogen) atoms. The van der Waals surface area contributed by atoms with Crippen molar-refractivity contribution in [3.8, 4) is 5.75 Å². The minimum atomic E-state index is -0.271. The molecule has 1 aliphatic carbocycles. The zero-order valence-corrected chi connectivity index (χ0v) is 19.9. The van der Waals surface area contributed by atoms with Gasteiger partial charge >= 0.3 is 0 Å². The van der Waals surface area contributed by atoms with Crippen LogP contribution in [0, 0.1) is 11.8 Å². The minimum Gasteiger partial charge on any atom is -0.493 e. The van der Waals surface area contributed by atoms with Crippen molar-refractivity contribution < 1.29 is 19.1 Å². The molecule has 0 spiro atoms. The monoisotopic (exact) mass is 465 g/mol. The molecule has 1 aliphatic heterocycles. The van der Waals surface area contributed by atoms with Crippen molar-refractivity contribution in [1.29, 1.82) is 0 Å². The molecule has 4 rings (SSSR count). The number of ether oxygens (including phenoxy) is 2. The summed E-state index contributed by atoms with van der Waals surface area (Å²) >= 11 is 0. The van der Waals surface area contributed by atoms with Gasteiger partial charge in [0.25, 0.3) is 0 Å². The van der Waals surface area contributed by atoms with Gasteiger partial charge in [-0.05, 0) is 48.4 Å². The number of nitrogens with one attached hydrogen (secondary N) is 2. The molecule has 2 N–H and O–H groups in total. The molecule has 2 aromatic rings. The van der Waals surface area contributed by atoms with Crippen molar-refractivity contribution in [1.82, 2.24) is 15.5 Å². The van der Waals surface area contributed by atoms with Crippen LogP contribution in [0.15, 0.2) is 54.6 Å². The zero-order valence-electron chi connectivity index (χ0n) is 19.9. The smallest absolute Gasteiger partial charge is 0.246 e. The summed E-state index contributed by atoms with van der Waals surface area (Å²) in [5.74, 6) is 0.553. The maximum absolute atomic E-state index is 13.1. The lowest BCUT2D eigenvalue weighted by Gasteiger charge is -2.29. The molecule has 0 saturated heterocycles. The molecule has 1 heterocycles. The first kappa shape index (κ1) is 24.2. The number of benzene rings is 2. The van der Waals surface area contributed by atoms with Crippen molar-refractivity contribution in [2.45, 2.75) is 31.8 Å². The van der Waals surface area contributed by atoms with Crippen molar-refractivity contribution in [2.75, 3.05) is 40.0 Å². The summed E-state index contributed by atoms with van der Waals surface area (Å²) in [7, 11) is 1.49. The predicted molar refractivity (Wildman–Crippen MR) is 130 cm³/mol. The van der Waals surface area contributed by atoms with Crippen molar-refractivity contribution in [2.24, 2.45) is 11.8 Å². The third-order valence-corrected chi connectivity index (χ3v) is 6.78. The van der Waals surface area contributed by atoms with Gasteiger partial charge in [0, 0.05) is 39.3 Å².